The third-order valence-corrected chi connectivity index (χ3v) is 3.48. The van der Waals surface area contributed by atoms with Crippen LogP contribution in [0, 0.1) is 0 Å². The van der Waals surface area contributed by atoms with Crippen molar-refractivity contribution in [3.63, 3.8) is 0 Å². The van der Waals surface area contributed by atoms with Crippen LogP contribution < -0.4 is 0 Å². The van der Waals surface area contributed by atoms with Gasteiger partial charge in [-0.25, -0.2) is 0 Å². The molecule has 0 spiro atoms. The Morgan fingerprint density at radius 3 is 3.15 bits per heavy atom. The molecule has 0 N–H and O–H groups in total. The van der Waals surface area contributed by atoms with Gasteiger partial charge in [0.25, 0.3) is 0 Å². The van der Waals surface area contributed by atoms with Gasteiger partial charge >= 0.3 is 0 Å². The van der Waals surface area contributed by atoms with Gasteiger partial charge in [0.15, 0.2) is 0 Å². The van der Waals surface area contributed by atoms with Crippen LogP contribution in [0.5, 0.6) is 0 Å². The number of fused-ring (bicyclic) bond motifs is 1. The van der Waals surface area contributed by atoms with Crippen molar-refractivity contribution >= 4 is 35.3 Å². The first-order valence-electron chi connectivity index (χ1n) is 4.23. The lowest BCUT2D eigenvalue weighted by Gasteiger charge is -2.25. The number of nitrogens with zero attached hydrogens (tertiary/aromatic N) is 1. The molecule has 0 aromatic carbocycles. The van der Waals surface area contributed by atoms with E-state index < -0.39 is 0 Å². The van der Waals surface area contributed by atoms with E-state index in [1.165, 1.54) is 18.5 Å². The standard InChI is InChI=1S/C9H12ClNS.ClH/c10-3-5-11-4-1-9-8(7-11)2-6-12-9;/h2,6H,1,3-5,7H2;1H. The molecule has 1 nitrogen and oxygen atoms in total. The third-order valence-electron chi connectivity index (χ3n) is 2.29. The van der Waals surface area contributed by atoms with Gasteiger partial charge in [0.1, 0.15) is 0 Å². The van der Waals surface area contributed by atoms with Crippen LogP contribution in [0.4, 0.5) is 0 Å². The van der Waals surface area contributed by atoms with Gasteiger partial charge in [0.05, 0.1) is 0 Å². The molecule has 0 fully saturated rings. The van der Waals surface area contributed by atoms with Gasteiger partial charge in [-0.2, -0.15) is 0 Å². The van der Waals surface area contributed by atoms with Crippen molar-refractivity contribution in [2.75, 3.05) is 19.0 Å². The van der Waals surface area contributed by atoms with E-state index in [-0.39, 0.29) is 12.4 Å². The van der Waals surface area contributed by atoms with E-state index in [9.17, 15) is 0 Å². The molecule has 74 valence electrons. The second-order valence-electron chi connectivity index (χ2n) is 3.08. The summed E-state index contributed by atoms with van der Waals surface area (Å²) in [4.78, 5) is 3.99. The van der Waals surface area contributed by atoms with E-state index >= 15 is 0 Å². The fourth-order valence-electron chi connectivity index (χ4n) is 1.62. The minimum Gasteiger partial charge on any atom is -0.298 e. The monoisotopic (exact) mass is 237 g/mol. The first-order valence-corrected chi connectivity index (χ1v) is 5.65. The summed E-state index contributed by atoms with van der Waals surface area (Å²) in [5.41, 5.74) is 1.51. The summed E-state index contributed by atoms with van der Waals surface area (Å²) < 4.78 is 0. The molecule has 1 aromatic heterocycles. The predicted octanol–water partition coefficient (Wildman–Crippen LogP) is 2.77. The molecule has 13 heavy (non-hydrogen) atoms. The highest BCUT2D eigenvalue weighted by atomic mass is 35.5. The largest absolute Gasteiger partial charge is 0.298 e. The second kappa shape index (κ2) is 5.20. The zero-order chi connectivity index (χ0) is 8.39. The molecule has 1 aliphatic heterocycles. The van der Waals surface area contributed by atoms with Crippen molar-refractivity contribution in [1.82, 2.24) is 4.90 Å². The fraction of sp³-hybridized carbons (Fsp3) is 0.556. The molecule has 4 heteroatoms. The van der Waals surface area contributed by atoms with Gasteiger partial charge in [0.2, 0.25) is 0 Å². The molecule has 1 aliphatic rings. The second-order valence-corrected chi connectivity index (χ2v) is 4.46. The Kier molecular flexibility index (Phi) is 4.53. The maximum atomic E-state index is 5.70. The molecule has 0 unspecified atom stereocenters. The van der Waals surface area contributed by atoms with Crippen LogP contribution in [0.15, 0.2) is 11.4 Å². The minimum atomic E-state index is 0. The number of hydrogen-bond donors (Lipinski definition) is 0. The molecular formula is C9H13Cl2NS. The maximum absolute atomic E-state index is 5.70. The average Bonchev–Trinajstić information content (AvgIpc) is 2.51. The Hall–Kier alpha value is 0.240. The van der Waals surface area contributed by atoms with Crippen molar-refractivity contribution in [1.29, 1.82) is 0 Å². The summed E-state index contributed by atoms with van der Waals surface area (Å²) in [6.07, 6.45) is 1.21. The predicted molar refractivity (Wildman–Crippen MR) is 61.3 cm³/mol. The van der Waals surface area contributed by atoms with Crippen LogP contribution in [0.3, 0.4) is 0 Å². The van der Waals surface area contributed by atoms with Gasteiger partial charge in [-0.3, -0.25) is 4.90 Å². The van der Waals surface area contributed by atoms with Crippen molar-refractivity contribution in [2.45, 2.75) is 13.0 Å². The van der Waals surface area contributed by atoms with E-state index in [0.29, 0.717) is 0 Å². The molecule has 0 amide bonds. The van der Waals surface area contributed by atoms with Gasteiger partial charge in [-0.1, -0.05) is 0 Å². The lowest BCUT2D eigenvalue weighted by molar-refractivity contribution is 0.272. The van der Waals surface area contributed by atoms with Crippen LogP contribution >= 0.6 is 35.3 Å². The zero-order valence-corrected chi connectivity index (χ0v) is 9.72. The summed E-state index contributed by atoms with van der Waals surface area (Å²) >= 11 is 7.58. The van der Waals surface area contributed by atoms with Crippen molar-refractivity contribution < 1.29 is 0 Å². The lowest BCUT2D eigenvalue weighted by atomic mass is 10.1. The normalized spacial score (nSPS) is 16.4. The van der Waals surface area contributed by atoms with E-state index in [1.807, 2.05) is 11.3 Å². The van der Waals surface area contributed by atoms with Crippen molar-refractivity contribution in [2.24, 2.45) is 0 Å². The maximum Gasteiger partial charge on any atom is 0.0351 e. The molecule has 2 rings (SSSR count). The Morgan fingerprint density at radius 1 is 1.54 bits per heavy atom. The third kappa shape index (κ3) is 2.59. The van der Waals surface area contributed by atoms with Crippen molar-refractivity contribution in [3.05, 3.63) is 21.9 Å². The Balaban J connectivity index is 0.000000845. The summed E-state index contributed by atoms with van der Waals surface area (Å²) in [5.74, 6) is 0.749. The highest BCUT2D eigenvalue weighted by Gasteiger charge is 2.15. The van der Waals surface area contributed by atoms with Crippen LogP contribution in [-0.4, -0.2) is 23.9 Å². The smallest absolute Gasteiger partial charge is 0.0351 e. The summed E-state index contributed by atoms with van der Waals surface area (Å²) in [7, 11) is 0. The van der Waals surface area contributed by atoms with Gasteiger partial charge < -0.3 is 0 Å². The molecule has 0 aliphatic carbocycles. The SMILES string of the molecule is Cl.ClCCN1CCc2sccc2C1. The van der Waals surface area contributed by atoms with Crippen LogP contribution in [-0.2, 0) is 13.0 Å². The molecule has 0 saturated carbocycles. The lowest BCUT2D eigenvalue weighted by Crippen LogP contribution is -2.31. The topological polar surface area (TPSA) is 3.24 Å². The summed E-state index contributed by atoms with van der Waals surface area (Å²) in [5, 5.41) is 2.19. The Labute approximate surface area is 94.1 Å². The summed E-state index contributed by atoms with van der Waals surface area (Å²) in [6, 6.07) is 2.24. The fourth-order valence-corrected chi connectivity index (χ4v) is 2.75. The van der Waals surface area contributed by atoms with Crippen LogP contribution in [0.1, 0.15) is 10.4 Å². The molecule has 2 heterocycles. The molecule has 0 atom stereocenters. The van der Waals surface area contributed by atoms with Gasteiger partial charge in [-0.15, -0.1) is 35.3 Å². The first-order chi connectivity index (χ1) is 5.90. The van der Waals surface area contributed by atoms with Crippen molar-refractivity contribution in [3.8, 4) is 0 Å². The minimum absolute atomic E-state index is 0. The highest BCUT2D eigenvalue weighted by Crippen LogP contribution is 2.23. The van der Waals surface area contributed by atoms with E-state index in [1.54, 1.807) is 4.88 Å². The van der Waals surface area contributed by atoms with E-state index in [2.05, 4.69) is 16.3 Å². The number of hydrogen-bond acceptors (Lipinski definition) is 2. The number of alkyl halides is 1. The van der Waals surface area contributed by atoms with Gasteiger partial charge in [0, 0.05) is 30.4 Å². The number of thiophene rings is 1. The van der Waals surface area contributed by atoms with E-state index in [0.717, 1.165) is 19.0 Å². The Morgan fingerprint density at radius 2 is 2.38 bits per heavy atom. The molecule has 1 aromatic rings. The molecular weight excluding hydrogens is 225 g/mol. The Bertz CT molecular complexity index is 262. The van der Waals surface area contributed by atoms with Crippen LogP contribution in [0.25, 0.3) is 0 Å². The molecule has 0 saturated heterocycles. The molecule has 0 bridgehead atoms. The van der Waals surface area contributed by atoms with E-state index in [4.69, 9.17) is 11.6 Å². The number of rotatable bonds is 2. The van der Waals surface area contributed by atoms with Gasteiger partial charge in [-0.05, 0) is 23.4 Å². The first kappa shape index (κ1) is 11.3. The quantitative estimate of drug-likeness (QED) is 0.716. The number of halogens is 2. The van der Waals surface area contributed by atoms with Crippen LogP contribution in [0.2, 0.25) is 0 Å². The zero-order valence-electron chi connectivity index (χ0n) is 7.33. The molecule has 0 radical (unpaired) electrons. The average molecular weight is 238 g/mol. The highest BCUT2D eigenvalue weighted by molar-refractivity contribution is 7.10. The summed E-state index contributed by atoms with van der Waals surface area (Å²) in [6.45, 7) is 3.31.